The number of ether oxygens (including phenoxy) is 2. The number of aliphatic imine (C=N–C) groups is 1. The summed E-state index contributed by atoms with van der Waals surface area (Å²) in [6.45, 7) is 13.7. The van der Waals surface area contributed by atoms with E-state index in [1.807, 2.05) is 34.6 Å². The van der Waals surface area contributed by atoms with Crippen LogP contribution in [0.2, 0.25) is 0 Å². The summed E-state index contributed by atoms with van der Waals surface area (Å²) in [6.07, 6.45) is 0. The number of hydrogen-bond acceptors (Lipinski definition) is 7. The van der Waals surface area contributed by atoms with Crippen molar-refractivity contribution < 1.29 is 19.1 Å². The molecule has 0 amide bonds. The van der Waals surface area contributed by atoms with Crippen LogP contribution in [0.1, 0.15) is 68.0 Å². The van der Waals surface area contributed by atoms with Crippen LogP contribution in [0.15, 0.2) is 4.99 Å². The van der Waals surface area contributed by atoms with Crippen molar-refractivity contribution in [3.05, 3.63) is 15.6 Å². The lowest BCUT2D eigenvalue weighted by Crippen LogP contribution is -2.39. The SMILES string of the molecule is CCNC(=NCC(=O)OC(C)(C)C)NC(C)c1nc(C)c(C(=O)OCC)s1. The molecule has 0 fully saturated rings. The summed E-state index contributed by atoms with van der Waals surface area (Å²) in [5, 5.41) is 7.01. The summed E-state index contributed by atoms with van der Waals surface area (Å²) in [6, 6.07) is -0.201. The van der Waals surface area contributed by atoms with Gasteiger partial charge in [0.05, 0.1) is 18.3 Å². The second-order valence-corrected chi connectivity index (χ2v) is 7.87. The number of guanidine groups is 1. The monoisotopic (exact) mass is 398 g/mol. The smallest absolute Gasteiger partial charge is 0.350 e. The first kappa shape index (κ1) is 22.9. The maximum Gasteiger partial charge on any atom is 0.350 e. The Morgan fingerprint density at radius 3 is 2.52 bits per heavy atom. The normalized spacial score (nSPS) is 13.1. The van der Waals surface area contributed by atoms with Crippen LogP contribution in [-0.2, 0) is 14.3 Å². The predicted molar refractivity (Wildman–Crippen MR) is 106 cm³/mol. The molecule has 1 rings (SSSR count). The number of rotatable bonds is 7. The van der Waals surface area contributed by atoms with E-state index in [2.05, 4.69) is 20.6 Å². The molecule has 0 aliphatic heterocycles. The lowest BCUT2D eigenvalue weighted by Gasteiger charge is -2.19. The van der Waals surface area contributed by atoms with Crippen LogP contribution in [0.4, 0.5) is 0 Å². The summed E-state index contributed by atoms with van der Waals surface area (Å²) >= 11 is 1.29. The lowest BCUT2D eigenvalue weighted by atomic mass is 10.2. The number of nitrogens with one attached hydrogen (secondary N) is 2. The van der Waals surface area contributed by atoms with Crippen LogP contribution in [0.3, 0.4) is 0 Å². The Bertz CT molecular complexity index is 679. The van der Waals surface area contributed by atoms with E-state index < -0.39 is 11.6 Å². The third-order valence-corrected chi connectivity index (χ3v) is 4.45. The number of nitrogens with zero attached hydrogens (tertiary/aromatic N) is 2. The molecule has 1 unspecified atom stereocenters. The quantitative estimate of drug-likeness (QED) is 0.413. The van der Waals surface area contributed by atoms with Gasteiger partial charge in [0.2, 0.25) is 0 Å². The molecule has 1 aromatic rings. The van der Waals surface area contributed by atoms with Gasteiger partial charge in [-0.1, -0.05) is 0 Å². The second kappa shape index (κ2) is 10.2. The van der Waals surface area contributed by atoms with Crippen molar-refractivity contribution in [3.63, 3.8) is 0 Å². The number of carbonyl (C=O) groups is 2. The van der Waals surface area contributed by atoms with E-state index in [9.17, 15) is 9.59 Å². The van der Waals surface area contributed by atoms with Gasteiger partial charge >= 0.3 is 11.9 Å². The zero-order valence-electron chi connectivity index (χ0n) is 17.1. The number of hydrogen-bond donors (Lipinski definition) is 2. The minimum absolute atomic E-state index is 0.0930. The Morgan fingerprint density at radius 1 is 1.30 bits per heavy atom. The zero-order valence-corrected chi connectivity index (χ0v) is 18.0. The second-order valence-electron chi connectivity index (χ2n) is 6.83. The van der Waals surface area contributed by atoms with Gasteiger partial charge in [0.1, 0.15) is 22.0 Å². The van der Waals surface area contributed by atoms with Gasteiger partial charge < -0.3 is 20.1 Å². The van der Waals surface area contributed by atoms with Gasteiger partial charge in [-0.2, -0.15) is 0 Å². The third-order valence-electron chi connectivity index (χ3n) is 3.13. The van der Waals surface area contributed by atoms with E-state index in [0.717, 1.165) is 5.01 Å². The van der Waals surface area contributed by atoms with Gasteiger partial charge in [0.15, 0.2) is 5.96 Å². The van der Waals surface area contributed by atoms with Gasteiger partial charge in [-0.3, -0.25) is 4.79 Å². The average Bonchev–Trinajstić information content (AvgIpc) is 2.93. The topological polar surface area (TPSA) is 102 Å². The fourth-order valence-corrected chi connectivity index (χ4v) is 3.06. The first-order valence-corrected chi connectivity index (χ1v) is 9.80. The Morgan fingerprint density at radius 2 is 1.96 bits per heavy atom. The molecule has 0 spiro atoms. The van der Waals surface area contributed by atoms with E-state index >= 15 is 0 Å². The van der Waals surface area contributed by atoms with Gasteiger partial charge in [-0.15, -0.1) is 11.3 Å². The van der Waals surface area contributed by atoms with Crippen LogP contribution in [0, 0.1) is 6.92 Å². The third kappa shape index (κ3) is 7.94. The maximum absolute atomic E-state index is 12.0. The minimum atomic E-state index is -0.548. The number of aryl methyl sites for hydroxylation is 1. The molecule has 0 saturated carbocycles. The van der Waals surface area contributed by atoms with Crippen molar-refractivity contribution in [1.29, 1.82) is 0 Å². The highest BCUT2D eigenvalue weighted by atomic mass is 32.1. The van der Waals surface area contributed by atoms with Crippen molar-refractivity contribution in [2.45, 2.75) is 60.1 Å². The van der Waals surface area contributed by atoms with Gasteiger partial charge in [-0.25, -0.2) is 14.8 Å². The van der Waals surface area contributed by atoms with E-state index in [0.29, 0.717) is 29.7 Å². The number of esters is 2. The number of thiazole rings is 1. The Balaban J connectivity index is 2.82. The lowest BCUT2D eigenvalue weighted by molar-refractivity contribution is -0.152. The van der Waals surface area contributed by atoms with E-state index in [4.69, 9.17) is 9.47 Å². The first-order chi connectivity index (χ1) is 12.6. The fourth-order valence-electron chi connectivity index (χ4n) is 2.09. The number of carbonyl (C=O) groups excluding carboxylic acids is 2. The molecule has 152 valence electrons. The van der Waals surface area contributed by atoms with Crippen LogP contribution in [0.5, 0.6) is 0 Å². The summed E-state index contributed by atoms with van der Waals surface area (Å²) in [7, 11) is 0. The molecule has 1 aromatic heterocycles. The molecule has 0 radical (unpaired) electrons. The van der Waals surface area contributed by atoms with E-state index in [-0.39, 0.29) is 18.6 Å². The van der Waals surface area contributed by atoms with Crippen LogP contribution >= 0.6 is 11.3 Å². The molecule has 1 heterocycles. The van der Waals surface area contributed by atoms with Gasteiger partial charge in [0, 0.05) is 6.54 Å². The maximum atomic E-state index is 12.0. The molecule has 0 bridgehead atoms. The Hall–Kier alpha value is -2.16. The van der Waals surface area contributed by atoms with Crippen LogP contribution in [0.25, 0.3) is 0 Å². The molecule has 0 saturated heterocycles. The summed E-state index contributed by atoms with van der Waals surface area (Å²) in [4.78, 5) is 33.0. The van der Waals surface area contributed by atoms with Crippen molar-refractivity contribution >= 4 is 29.2 Å². The van der Waals surface area contributed by atoms with Crippen molar-refractivity contribution in [2.75, 3.05) is 19.7 Å². The molecular weight excluding hydrogens is 368 g/mol. The Kier molecular flexibility index (Phi) is 8.68. The highest BCUT2D eigenvalue weighted by Crippen LogP contribution is 2.24. The fraction of sp³-hybridized carbons (Fsp3) is 0.667. The van der Waals surface area contributed by atoms with E-state index in [1.54, 1.807) is 13.8 Å². The zero-order chi connectivity index (χ0) is 20.6. The largest absolute Gasteiger partial charge is 0.462 e. The van der Waals surface area contributed by atoms with E-state index in [1.165, 1.54) is 11.3 Å². The molecular formula is C18H30N4O4S. The summed E-state index contributed by atoms with van der Waals surface area (Å²) in [5.74, 6) is -0.292. The molecule has 27 heavy (non-hydrogen) atoms. The molecule has 0 aromatic carbocycles. The van der Waals surface area contributed by atoms with Crippen molar-refractivity contribution in [2.24, 2.45) is 4.99 Å². The molecule has 9 heteroatoms. The van der Waals surface area contributed by atoms with Gasteiger partial charge in [0.25, 0.3) is 0 Å². The number of aromatic nitrogens is 1. The molecule has 2 N–H and O–H groups in total. The minimum Gasteiger partial charge on any atom is -0.462 e. The highest BCUT2D eigenvalue weighted by molar-refractivity contribution is 7.13. The standard InChI is InChI=1S/C18H30N4O4S/c1-8-19-17(20-10-13(23)26-18(5,6)7)22-12(4)15-21-11(3)14(27-15)16(24)25-9-2/h12H,8-10H2,1-7H3,(H2,19,20,22). The highest BCUT2D eigenvalue weighted by Gasteiger charge is 2.20. The molecule has 0 aliphatic carbocycles. The van der Waals surface area contributed by atoms with Gasteiger partial charge in [-0.05, 0) is 48.5 Å². The molecule has 0 aliphatic rings. The Labute approximate surface area is 164 Å². The predicted octanol–water partition coefficient (Wildman–Crippen LogP) is 2.59. The molecule has 1 atom stereocenters. The summed E-state index contributed by atoms with van der Waals surface area (Å²) in [5.41, 5.74) is 0.0888. The first-order valence-electron chi connectivity index (χ1n) is 8.98. The molecule has 8 nitrogen and oxygen atoms in total. The van der Waals surface area contributed by atoms with Crippen molar-refractivity contribution in [3.8, 4) is 0 Å². The average molecular weight is 399 g/mol. The van der Waals surface area contributed by atoms with Crippen molar-refractivity contribution in [1.82, 2.24) is 15.6 Å². The summed E-state index contributed by atoms with van der Waals surface area (Å²) < 4.78 is 10.3. The van der Waals surface area contributed by atoms with Crippen LogP contribution < -0.4 is 10.6 Å². The van der Waals surface area contributed by atoms with Crippen LogP contribution in [-0.4, -0.2) is 48.2 Å².